The topological polar surface area (TPSA) is 59.6 Å². The van der Waals surface area contributed by atoms with Crippen LogP contribution in [0.25, 0.3) is 0 Å². The molecule has 0 fully saturated rings. The first kappa shape index (κ1) is 27.0. The number of hydrogen-bond acceptors (Lipinski definition) is 5. The third-order valence-corrected chi connectivity index (χ3v) is 7.01. The number of thioether (sulfide) groups is 1. The first-order chi connectivity index (χ1) is 19.6. The monoisotopic (exact) mass is 548 g/mol. The van der Waals surface area contributed by atoms with E-state index >= 15 is 0 Å². The molecule has 0 spiro atoms. The van der Waals surface area contributed by atoms with Gasteiger partial charge in [-0.05, 0) is 28.5 Å². The average molecular weight is 549 g/mol. The van der Waals surface area contributed by atoms with E-state index in [9.17, 15) is 10.0 Å². The van der Waals surface area contributed by atoms with Gasteiger partial charge in [-0.15, -0.1) is 0 Å². The van der Waals surface area contributed by atoms with Gasteiger partial charge in [0.05, 0.1) is 11.8 Å². The number of ether oxygens (including phenoxy) is 2. The van der Waals surface area contributed by atoms with Gasteiger partial charge in [-0.1, -0.05) is 121 Å². The number of carbonyl (C=O) groups is 1. The van der Waals surface area contributed by atoms with Crippen LogP contribution in [0.1, 0.15) is 45.0 Å². The van der Waals surface area contributed by atoms with Crippen LogP contribution >= 0.6 is 11.8 Å². The summed E-state index contributed by atoms with van der Waals surface area (Å²) in [5.41, 5.74) is 3.89. The van der Waals surface area contributed by atoms with Gasteiger partial charge in [0.2, 0.25) is 11.5 Å². The standard InChI is InChI=1S/C34H30NO4S/c1-40-24-30(36)29-22-31(38-33(25-14-6-2-7-15-25)26-16-8-3-9-17-26)32(23-35(29)37)39-34(27-18-10-4-11-19-27)28-20-12-5-13-21-28/h2-23,33-34,37H,24H2,1H3/q+1. The molecule has 6 heteroatoms. The lowest BCUT2D eigenvalue weighted by molar-refractivity contribution is -0.905. The number of benzene rings is 4. The van der Waals surface area contributed by atoms with Gasteiger partial charge in [0.25, 0.3) is 6.20 Å². The molecule has 1 N–H and O–H groups in total. The molecule has 1 heterocycles. The molecule has 1 aromatic heterocycles. The molecule has 0 radical (unpaired) electrons. The summed E-state index contributed by atoms with van der Waals surface area (Å²) in [7, 11) is 0. The summed E-state index contributed by atoms with van der Waals surface area (Å²) in [6.07, 6.45) is 2.30. The Hall–Kier alpha value is -4.55. The molecule has 0 aliphatic rings. The molecule has 0 unspecified atom stereocenters. The third-order valence-electron chi connectivity index (χ3n) is 6.46. The summed E-state index contributed by atoms with van der Waals surface area (Å²) in [6.45, 7) is 0. The Balaban J connectivity index is 1.63. The second kappa shape index (κ2) is 13.0. The predicted octanol–water partition coefficient (Wildman–Crippen LogP) is 7.09. The summed E-state index contributed by atoms with van der Waals surface area (Å²) in [6, 6.07) is 41.1. The van der Waals surface area contributed by atoms with Gasteiger partial charge >= 0.3 is 5.69 Å². The Morgan fingerprint density at radius 3 is 1.43 bits per heavy atom. The molecule has 5 rings (SSSR count). The van der Waals surface area contributed by atoms with Crippen molar-refractivity contribution < 1.29 is 24.2 Å². The molecular weight excluding hydrogens is 518 g/mol. The lowest BCUT2D eigenvalue weighted by atomic mass is 10.0. The Morgan fingerprint density at radius 1 is 0.675 bits per heavy atom. The van der Waals surface area contributed by atoms with Crippen LogP contribution in [-0.2, 0) is 0 Å². The Labute approximate surface area is 238 Å². The van der Waals surface area contributed by atoms with E-state index < -0.39 is 12.2 Å². The molecule has 4 aromatic carbocycles. The minimum atomic E-state index is -0.482. The second-order valence-electron chi connectivity index (χ2n) is 9.23. The normalized spacial score (nSPS) is 11.0. The summed E-state index contributed by atoms with van der Waals surface area (Å²) in [5, 5.41) is 10.9. The lowest BCUT2D eigenvalue weighted by Gasteiger charge is -2.24. The van der Waals surface area contributed by atoms with Crippen molar-refractivity contribution in [3.05, 3.63) is 162 Å². The van der Waals surface area contributed by atoms with E-state index in [1.54, 1.807) is 6.07 Å². The van der Waals surface area contributed by atoms with Crippen LogP contribution < -0.4 is 14.2 Å². The molecule has 5 nitrogen and oxygen atoms in total. The highest BCUT2D eigenvalue weighted by atomic mass is 32.2. The Kier molecular flexibility index (Phi) is 8.79. The smallest absolute Gasteiger partial charge is 0.304 e. The number of hydrogen-bond donors (Lipinski definition) is 1. The van der Waals surface area contributed by atoms with Gasteiger partial charge < -0.3 is 9.47 Å². The van der Waals surface area contributed by atoms with Crippen molar-refractivity contribution >= 4 is 17.5 Å². The van der Waals surface area contributed by atoms with Crippen LogP contribution in [-0.4, -0.2) is 23.0 Å². The first-order valence-corrected chi connectivity index (χ1v) is 14.4. The van der Waals surface area contributed by atoms with Crippen LogP contribution in [0.15, 0.2) is 134 Å². The zero-order valence-corrected chi connectivity index (χ0v) is 22.9. The van der Waals surface area contributed by atoms with Crippen molar-refractivity contribution in [1.82, 2.24) is 0 Å². The Bertz CT molecular complexity index is 1450. The van der Waals surface area contributed by atoms with Crippen molar-refractivity contribution in [3.8, 4) is 11.5 Å². The van der Waals surface area contributed by atoms with E-state index in [-0.39, 0.29) is 17.2 Å². The molecule has 5 aromatic rings. The summed E-state index contributed by atoms with van der Waals surface area (Å²) in [4.78, 5) is 12.9. The SMILES string of the molecule is CSCC(=O)c1cc(OC(c2ccccc2)c2ccccc2)c(OC(c2ccccc2)c2ccccc2)c[n+]1O. The maximum Gasteiger partial charge on any atom is 0.304 e. The molecular formula is C34H30NO4S+. The zero-order chi connectivity index (χ0) is 27.7. The number of ketones is 1. The molecule has 0 aliphatic heterocycles. The summed E-state index contributed by atoms with van der Waals surface area (Å²) < 4.78 is 14.2. The van der Waals surface area contributed by atoms with Crippen LogP contribution in [0.4, 0.5) is 0 Å². The maximum absolute atomic E-state index is 12.9. The highest BCUT2D eigenvalue weighted by Crippen LogP contribution is 2.38. The number of nitrogens with zero attached hydrogens (tertiary/aromatic N) is 1. The molecule has 0 amide bonds. The van der Waals surface area contributed by atoms with Gasteiger partial charge in [0.1, 0.15) is 12.2 Å². The van der Waals surface area contributed by atoms with E-state index in [0.717, 1.165) is 27.0 Å². The van der Waals surface area contributed by atoms with Gasteiger partial charge in [-0.3, -0.25) is 10.0 Å². The highest BCUT2D eigenvalue weighted by molar-refractivity contribution is 7.99. The number of carbonyl (C=O) groups excluding carboxylic acids is 1. The van der Waals surface area contributed by atoms with Crippen LogP contribution in [0.2, 0.25) is 0 Å². The average Bonchev–Trinajstić information content (AvgIpc) is 3.01. The fourth-order valence-electron chi connectivity index (χ4n) is 4.52. The number of rotatable bonds is 11. The van der Waals surface area contributed by atoms with E-state index in [0.29, 0.717) is 11.5 Å². The molecule has 0 bridgehead atoms. The largest absolute Gasteiger partial charge is 0.477 e. The molecule has 0 saturated heterocycles. The fourth-order valence-corrected chi connectivity index (χ4v) is 4.93. The maximum atomic E-state index is 12.9. The lowest BCUT2D eigenvalue weighted by Crippen LogP contribution is -2.38. The number of Topliss-reactive ketones (excluding diaryl/α,β-unsaturated/α-hetero) is 1. The van der Waals surface area contributed by atoms with Crippen molar-refractivity contribution in [2.45, 2.75) is 12.2 Å². The molecule has 40 heavy (non-hydrogen) atoms. The van der Waals surface area contributed by atoms with Crippen molar-refractivity contribution in [3.63, 3.8) is 0 Å². The van der Waals surface area contributed by atoms with Gasteiger partial charge in [0, 0.05) is 4.73 Å². The van der Waals surface area contributed by atoms with Crippen LogP contribution in [0.5, 0.6) is 11.5 Å². The predicted molar refractivity (Wildman–Crippen MR) is 157 cm³/mol. The van der Waals surface area contributed by atoms with Crippen LogP contribution in [0, 0.1) is 0 Å². The van der Waals surface area contributed by atoms with E-state index in [4.69, 9.17) is 9.47 Å². The highest BCUT2D eigenvalue weighted by Gasteiger charge is 2.29. The molecule has 0 atom stereocenters. The van der Waals surface area contributed by atoms with E-state index in [1.165, 1.54) is 18.0 Å². The Morgan fingerprint density at radius 2 is 1.05 bits per heavy atom. The van der Waals surface area contributed by atoms with Gasteiger partial charge in [-0.2, -0.15) is 11.8 Å². The summed E-state index contributed by atoms with van der Waals surface area (Å²) in [5.74, 6) is 0.657. The third kappa shape index (κ3) is 6.35. The minimum Gasteiger partial charge on any atom is -0.477 e. The quantitative estimate of drug-likeness (QED) is 0.108. The van der Waals surface area contributed by atoms with E-state index in [1.807, 2.05) is 128 Å². The first-order valence-electron chi connectivity index (χ1n) is 13.0. The summed E-state index contributed by atoms with van der Waals surface area (Å²) >= 11 is 1.39. The van der Waals surface area contributed by atoms with Crippen molar-refractivity contribution in [1.29, 1.82) is 0 Å². The minimum absolute atomic E-state index is 0.118. The van der Waals surface area contributed by atoms with Crippen molar-refractivity contribution in [2.24, 2.45) is 0 Å². The fraction of sp³-hybridized carbons (Fsp3) is 0.118. The number of aromatic nitrogens is 1. The van der Waals surface area contributed by atoms with Gasteiger partial charge in [0.15, 0.2) is 5.75 Å². The zero-order valence-electron chi connectivity index (χ0n) is 22.1. The molecule has 0 aliphatic carbocycles. The second-order valence-corrected chi connectivity index (χ2v) is 10.1. The van der Waals surface area contributed by atoms with E-state index in [2.05, 4.69) is 0 Å². The van der Waals surface area contributed by atoms with Crippen molar-refractivity contribution in [2.75, 3.05) is 12.0 Å². The van der Waals surface area contributed by atoms with Crippen LogP contribution in [0.3, 0.4) is 0 Å². The molecule has 0 saturated carbocycles. The van der Waals surface area contributed by atoms with Gasteiger partial charge in [-0.25, -0.2) is 0 Å². The number of pyridine rings is 1. The molecule has 200 valence electrons.